The van der Waals surface area contributed by atoms with Crippen molar-refractivity contribution in [3.63, 3.8) is 0 Å². The topological polar surface area (TPSA) is 78.9 Å². The lowest BCUT2D eigenvalue weighted by Gasteiger charge is -2.41. The van der Waals surface area contributed by atoms with Gasteiger partial charge in [0, 0.05) is 11.3 Å². The highest BCUT2D eigenvalue weighted by Crippen LogP contribution is 2.46. The van der Waals surface area contributed by atoms with E-state index in [1.165, 1.54) is 0 Å². The number of ether oxygens (including phenoxy) is 1. The summed E-state index contributed by atoms with van der Waals surface area (Å²) < 4.78 is 5.34. The van der Waals surface area contributed by atoms with Crippen molar-refractivity contribution in [1.82, 2.24) is 10.2 Å². The van der Waals surface area contributed by atoms with Crippen molar-refractivity contribution in [3.8, 4) is 5.75 Å². The zero-order chi connectivity index (χ0) is 21.3. The smallest absolute Gasteiger partial charge is 0.338 e. The molecule has 1 fully saturated rings. The molecule has 0 saturated carbocycles. The average Bonchev–Trinajstić information content (AvgIpc) is 3.04. The maximum absolute atomic E-state index is 12.9. The van der Waals surface area contributed by atoms with E-state index in [1.54, 1.807) is 37.3 Å². The summed E-state index contributed by atoms with van der Waals surface area (Å²) in [5, 5.41) is 13.3. The first kappa shape index (κ1) is 20.1. The number of phenolic OH excluding ortho intramolecular Hbond substituents is 1. The van der Waals surface area contributed by atoms with Crippen LogP contribution in [0.2, 0.25) is 0 Å². The molecular formula is C23H22N2O4S. The van der Waals surface area contributed by atoms with Gasteiger partial charge in [0.1, 0.15) is 5.75 Å². The zero-order valence-electron chi connectivity index (χ0n) is 16.7. The largest absolute Gasteiger partial charge is 0.507 e. The number of hydrogen-bond donors (Lipinski definition) is 2. The minimum atomic E-state index is -0.493. The third-order valence-electron chi connectivity index (χ3n) is 5.09. The van der Waals surface area contributed by atoms with Crippen LogP contribution in [0.5, 0.6) is 5.75 Å². The molecule has 0 radical (unpaired) electrons. The minimum Gasteiger partial charge on any atom is -0.507 e. The number of fused-ring (bicyclic) bond motifs is 1. The Kier molecular flexibility index (Phi) is 5.55. The van der Waals surface area contributed by atoms with E-state index in [2.05, 4.69) is 5.32 Å². The SMILES string of the molecule is CCOC(=O)C1=C(C)NC2SC(=O)/C(=C\c3ccccc3O)N2C1c1ccccc1. The molecule has 0 bridgehead atoms. The predicted octanol–water partition coefficient (Wildman–Crippen LogP) is 3.77. The van der Waals surface area contributed by atoms with Crippen molar-refractivity contribution >= 4 is 28.9 Å². The van der Waals surface area contributed by atoms with Gasteiger partial charge in [-0.1, -0.05) is 48.5 Å². The van der Waals surface area contributed by atoms with Crippen molar-refractivity contribution in [1.29, 1.82) is 0 Å². The minimum absolute atomic E-state index is 0.0878. The number of hydrogen-bond acceptors (Lipinski definition) is 7. The molecule has 2 unspecified atom stereocenters. The Labute approximate surface area is 179 Å². The molecule has 6 nitrogen and oxygen atoms in total. The number of nitrogens with one attached hydrogen (secondary N) is 1. The van der Waals surface area contributed by atoms with Gasteiger partial charge in [0.2, 0.25) is 5.12 Å². The highest BCUT2D eigenvalue weighted by molar-refractivity contribution is 8.15. The van der Waals surface area contributed by atoms with Crippen molar-refractivity contribution < 1.29 is 19.4 Å². The summed E-state index contributed by atoms with van der Waals surface area (Å²) in [5.74, 6) is -0.328. The van der Waals surface area contributed by atoms with Crippen LogP contribution in [0.1, 0.15) is 31.0 Å². The molecule has 2 aliphatic heterocycles. The number of thioether (sulfide) groups is 1. The molecular weight excluding hydrogens is 400 g/mol. The van der Waals surface area contributed by atoms with Gasteiger partial charge in [-0.15, -0.1) is 0 Å². The third kappa shape index (κ3) is 3.57. The fourth-order valence-corrected chi connectivity index (χ4v) is 4.83. The van der Waals surface area contributed by atoms with Crippen molar-refractivity contribution in [2.75, 3.05) is 6.61 Å². The highest BCUT2D eigenvalue weighted by Gasteiger charge is 2.47. The van der Waals surface area contributed by atoms with Gasteiger partial charge >= 0.3 is 5.97 Å². The molecule has 1 saturated heterocycles. The van der Waals surface area contributed by atoms with E-state index >= 15 is 0 Å². The van der Waals surface area contributed by atoms with Crippen molar-refractivity contribution in [2.24, 2.45) is 0 Å². The molecule has 2 heterocycles. The van der Waals surface area contributed by atoms with E-state index < -0.39 is 12.0 Å². The Hall–Kier alpha value is -3.19. The van der Waals surface area contributed by atoms with Crippen LogP contribution < -0.4 is 5.32 Å². The van der Waals surface area contributed by atoms with E-state index in [0.29, 0.717) is 22.5 Å². The first-order valence-corrected chi connectivity index (χ1v) is 10.6. The molecule has 2 aromatic carbocycles. The number of para-hydroxylation sites is 1. The van der Waals surface area contributed by atoms with Crippen LogP contribution in [-0.2, 0) is 14.3 Å². The Morgan fingerprint density at radius 3 is 2.60 bits per heavy atom. The Morgan fingerprint density at radius 2 is 1.90 bits per heavy atom. The van der Waals surface area contributed by atoms with Crippen LogP contribution in [0.3, 0.4) is 0 Å². The molecule has 0 amide bonds. The predicted molar refractivity (Wildman–Crippen MR) is 116 cm³/mol. The molecule has 30 heavy (non-hydrogen) atoms. The fraction of sp³-hybridized carbons (Fsp3) is 0.217. The molecule has 0 aromatic heterocycles. The molecule has 4 rings (SSSR count). The number of allylic oxidation sites excluding steroid dienone is 1. The summed E-state index contributed by atoms with van der Waals surface area (Å²) in [5.41, 5.74) is 2.63. The van der Waals surface area contributed by atoms with E-state index in [0.717, 1.165) is 17.3 Å². The number of rotatable bonds is 4. The average molecular weight is 423 g/mol. The van der Waals surface area contributed by atoms with Crippen LogP contribution in [0, 0.1) is 0 Å². The first-order valence-electron chi connectivity index (χ1n) is 9.69. The van der Waals surface area contributed by atoms with Gasteiger partial charge in [-0.2, -0.15) is 0 Å². The third-order valence-corrected chi connectivity index (χ3v) is 6.09. The van der Waals surface area contributed by atoms with Crippen LogP contribution >= 0.6 is 11.8 Å². The lowest BCUT2D eigenvalue weighted by molar-refractivity contribution is -0.139. The van der Waals surface area contributed by atoms with E-state index in [-0.39, 0.29) is 23.0 Å². The van der Waals surface area contributed by atoms with Crippen molar-refractivity contribution in [2.45, 2.75) is 25.4 Å². The first-order chi connectivity index (χ1) is 14.5. The second kappa shape index (κ2) is 8.28. The van der Waals surface area contributed by atoms with E-state index in [4.69, 9.17) is 4.74 Å². The maximum Gasteiger partial charge on any atom is 0.338 e. The standard InChI is InChI=1S/C23H22N2O4S/c1-3-29-21(27)19-14(2)24-23-25(20(19)15-9-5-4-6-10-15)17(22(28)30-23)13-16-11-7-8-12-18(16)26/h4-13,20,23-24,26H,3H2,1-2H3/b17-13+. The van der Waals surface area contributed by atoms with Gasteiger partial charge in [-0.05, 0) is 43.3 Å². The summed E-state index contributed by atoms with van der Waals surface area (Å²) in [4.78, 5) is 27.7. The number of esters is 1. The molecule has 2 aliphatic rings. The second-order valence-electron chi connectivity index (χ2n) is 6.97. The lowest BCUT2D eigenvalue weighted by Crippen LogP contribution is -2.47. The van der Waals surface area contributed by atoms with Gasteiger partial charge in [0.15, 0.2) is 5.50 Å². The van der Waals surface area contributed by atoms with Gasteiger partial charge in [0.05, 0.1) is 23.9 Å². The number of carbonyl (C=O) groups is 2. The molecule has 154 valence electrons. The fourth-order valence-electron chi connectivity index (χ4n) is 3.76. The summed E-state index contributed by atoms with van der Waals surface area (Å²) in [6.07, 6.45) is 1.67. The van der Waals surface area contributed by atoms with Crippen LogP contribution in [0.4, 0.5) is 0 Å². The van der Waals surface area contributed by atoms with Gasteiger partial charge in [-0.3, -0.25) is 4.79 Å². The van der Waals surface area contributed by atoms with Crippen LogP contribution in [-0.4, -0.2) is 33.2 Å². The van der Waals surface area contributed by atoms with Crippen LogP contribution in [0.15, 0.2) is 71.6 Å². The Morgan fingerprint density at radius 1 is 1.20 bits per heavy atom. The summed E-state index contributed by atoms with van der Waals surface area (Å²) >= 11 is 1.15. The lowest BCUT2D eigenvalue weighted by atomic mass is 9.93. The quantitative estimate of drug-likeness (QED) is 0.573. The second-order valence-corrected chi connectivity index (χ2v) is 8.02. The Bertz CT molecular complexity index is 1050. The van der Waals surface area contributed by atoms with Crippen molar-refractivity contribution in [3.05, 3.63) is 82.7 Å². The summed E-state index contributed by atoms with van der Waals surface area (Å²) in [6, 6.07) is 15.9. The van der Waals surface area contributed by atoms with Crippen LogP contribution in [0.25, 0.3) is 6.08 Å². The number of benzene rings is 2. The van der Waals surface area contributed by atoms with Gasteiger partial charge in [-0.25, -0.2) is 4.79 Å². The number of carbonyl (C=O) groups excluding carboxylic acids is 2. The zero-order valence-corrected chi connectivity index (χ0v) is 17.5. The molecule has 0 spiro atoms. The highest BCUT2D eigenvalue weighted by atomic mass is 32.2. The van der Waals surface area contributed by atoms with E-state index in [9.17, 15) is 14.7 Å². The monoisotopic (exact) mass is 422 g/mol. The Balaban J connectivity index is 1.87. The number of phenols is 1. The molecule has 2 aromatic rings. The molecule has 2 N–H and O–H groups in total. The van der Waals surface area contributed by atoms with E-state index in [1.807, 2.05) is 42.2 Å². The molecule has 7 heteroatoms. The number of nitrogens with zero attached hydrogens (tertiary/aromatic N) is 1. The normalized spacial score (nSPS) is 22.1. The van der Waals surface area contributed by atoms with Gasteiger partial charge in [0.25, 0.3) is 0 Å². The summed E-state index contributed by atoms with van der Waals surface area (Å²) in [6.45, 7) is 3.85. The maximum atomic E-state index is 12.9. The number of aromatic hydroxyl groups is 1. The molecule has 0 aliphatic carbocycles. The molecule has 2 atom stereocenters. The van der Waals surface area contributed by atoms with Gasteiger partial charge < -0.3 is 20.1 Å². The summed E-state index contributed by atoms with van der Waals surface area (Å²) in [7, 11) is 0.